The second-order valence-electron chi connectivity index (χ2n) is 10.4. The standard InChI is InChI=1S/C39H25NS/c1-2-9-29(10-3-1)37-23-22-32(25-40-37)34-13-7-15-36-35-14-6-12-33(38(35)41-39(34)36)28-19-16-27(17-20-28)31-21-18-26-8-4-5-11-30(26)24-31/h1-25H. The van der Waals surface area contributed by atoms with E-state index in [0.29, 0.717) is 0 Å². The van der Waals surface area contributed by atoms with E-state index in [1.165, 1.54) is 58.8 Å². The van der Waals surface area contributed by atoms with Gasteiger partial charge in [0.05, 0.1) is 5.69 Å². The van der Waals surface area contributed by atoms with Crippen molar-refractivity contribution in [1.82, 2.24) is 4.98 Å². The van der Waals surface area contributed by atoms with E-state index in [4.69, 9.17) is 4.98 Å². The lowest BCUT2D eigenvalue weighted by molar-refractivity contribution is 1.33. The highest BCUT2D eigenvalue weighted by Gasteiger charge is 2.14. The molecule has 0 saturated carbocycles. The predicted molar refractivity (Wildman–Crippen MR) is 176 cm³/mol. The summed E-state index contributed by atoms with van der Waals surface area (Å²) >= 11 is 1.88. The Bertz CT molecular complexity index is 2170. The van der Waals surface area contributed by atoms with Crippen molar-refractivity contribution in [3.63, 3.8) is 0 Å². The molecule has 192 valence electrons. The van der Waals surface area contributed by atoms with Crippen LogP contribution in [0.5, 0.6) is 0 Å². The molecule has 0 saturated heterocycles. The number of nitrogens with zero attached hydrogens (tertiary/aromatic N) is 1. The van der Waals surface area contributed by atoms with Gasteiger partial charge in [0.2, 0.25) is 0 Å². The Morgan fingerprint density at radius 1 is 0.390 bits per heavy atom. The molecule has 2 heteroatoms. The molecule has 6 aromatic carbocycles. The first-order valence-electron chi connectivity index (χ1n) is 13.9. The number of fused-ring (bicyclic) bond motifs is 4. The van der Waals surface area contributed by atoms with Crippen LogP contribution in [0.2, 0.25) is 0 Å². The molecule has 1 nitrogen and oxygen atoms in total. The molecule has 2 aromatic heterocycles. The molecule has 0 atom stereocenters. The maximum Gasteiger partial charge on any atom is 0.0702 e. The minimum Gasteiger partial charge on any atom is -0.256 e. The normalized spacial score (nSPS) is 11.4. The molecular formula is C39H25NS. The van der Waals surface area contributed by atoms with Crippen LogP contribution in [-0.2, 0) is 0 Å². The number of benzene rings is 6. The Labute approximate surface area is 243 Å². The third kappa shape index (κ3) is 4.21. The fourth-order valence-electron chi connectivity index (χ4n) is 5.82. The summed E-state index contributed by atoms with van der Waals surface area (Å²) in [6, 6.07) is 52.2. The summed E-state index contributed by atoms with van der Waals surface area (Å²) in [7, 11) is 0. The molecule has 0 unspecified atom stereocenters. The maximum atomic E-state index is 4.81. The fourth-order valence-corrected chi connectivity index (χ4v) is 7.19. The molecular weight excluding hydrogens is 515 g/mol. The van der Waals surface area contributed by atoms with Crippen LogP contribution in [-0.4, -0.2) is 4.98 Å². The molecule has 0 aliphatic heterocycles. The Morgan fingerprint density at radius 2 is 1.00 bits per heavy atom. The number of pyridine rings is 1. The number of hydrogen-bond donors (Lipinski definition) is 0. The van der Waals surface area contributed by atoms with E-state index >= 15 is 0 Å². The first-order valence-corrected chi connectivity index (χ1v) is 14.7. The second-order valence-corrected chi connectivity index (χ2v) is 11.4. The van der Waals surface area contributed by atoms with Gasteiger partial charge in [0, 0.05) is 43.1 Å². The van der Waals surface area contributed by atoms with E-state index < -0.39 is 0 Å². The van der Waals surface area contributed by atoms with Crippen molar-refractivity contribution in [3.05, 3.63) is 152 Å². The molecule has 0 bridgehead atoms. The van der Waals surface area contributed by atoms with Crippen molar-refractivity contribution in [1.29, 1.82) is 0 Å². The van der Waals surface area contributed by atoms with E-state index in [0.717, 1.165) is 16.8 Å². The van der Waals surface area contributed by atoms with E-state index in [9.17, 15) is 0 Å². The largest absolute Gasteiger partial charge is 0.256 e. The van der Waals surface area contributed by atoms with Crippen LogP contribution in [0.3, 0.4) is 0 Å². The SMILES string of the molecule is c1ccc(-c2ccc(-c3cccc4c3sc3c(-c5ccc(-c6ccc7ccccc7c6)cc5)cccc34)cn2)cc1. The van der Waals surface area contributed by atoms with Gasteiger partial charge in [0.25, 0.3) is 0 Å². The maximum absolute atomic E-state index is 4.81. The Kier molecular flexibility index (Phi) is 5.72. The zero-order valence-corrected chi connectivity index (χ0v) is 23.1. The summed E-state index contributed by atoms with van der Waals surface area (Å²) in [4.78, 5) is 4.81. The molecule has 0 spiro atoms. The number of hydrogen-bond acceptors (Lipinski definition) is 2. The summed E-state index contributed by atoms with van der Waals surface area (Å²) in [6.45, 7) is 0. The fraction of sp³-hybridized carbons (Fsp3) is 0. The van der Waals surface area contributed by atoms with Gasteiger partial charge in [-0.15, -0.1) is 11.3 Å². The van der Waals surface area contributed by atoms with Gasteiger partial charge in [0.1, 0.15) is 0 Å². The predicted octanol–water partition coefficient (Wildman–Crippen LogP) is 11.3. The molecule has 8 aromatic rings. The number of rotatable bonds is 4. The summed E-state index contributed by atoms with van der Waals surface area (Å²) in [5.74, 6) is 0. The van der Waals surface area contributed by atoms with Crippen molar-refractivity contribution in [2.24, 2.45) is 0 Å². The smallest absolute Gasteiger partial charge is 0.0702 e. The zero-order valence-electron chi connectivity index (χ0n) is 22.3. The third-order valence-corrected chi connectivity index (χ3v) is 9.24. The van der Waals surface area contributed by atoms with E-state index in [1.54, 1.807) is 0 Å². The van der Waals surface area contributed by atoms with Crippen molar-refractivity contribution in [2.45, 2.75) is 0 Å². The van der Waals surface area contributed by atoms with E-state index in [-0.39, 0.29) is 0 Å². The van der Waals surface area contributed by atoms with Gasteiger partial charge in [-0.25, -0.2) is 0 Å². The number of thiophene rings is 1. The van der Waals surface area contributed by atoms with Gasteiger partial charge in [-0.3, -0.25) is 4.98 Å². The minimum absolute atomic E-state index is 0.993. The summed E-state index contributed by atoms with van der Waals surface area (Å²) in [6.07, 6.45) is 2.01. The quantitative estimate of drug-likeness (QED) is 0.217. The minimum atomic E-state index is 0.993. The highest BCUT2D eigenvalue weighted by molar-refractivity contribution is 7.26. The highest BCUT2D eigenvalue weighted by Crippen LogP contribution is 2.44. The molecule has 0 fully saturated rings. The van der Waals surface area contributed by atoms with Crippen LogP contribution < -0.4 is 0 Å². The van der Waals surface area contributed by atoms with Crippen molar-refractivity contribution in [3.8, 4) is 44.6 Å². The topological polar surface area (TPSA) is 12.9 Å². The van der Waals surface area contributed by atoms with Gasteiger partial charge in [-0.2, -0.15) is 0 Å². The van der Waals surface area contributed by atoms with Crippen LogP contribution in [0.4, 0.5) is 0 Å². The van der Waals surface area contributed by atoms with E-state index in [2.05, 4.69) is 140 Å². The van der Waals surface area contributed by atoms with Crippen LogP contribution >= 0.6 is 11.3 Å². The average molecular weight is 540 g/mol. The molecule has 8 rings (SSSR count). The summed E-state index contributed by atoms with van der Waals surface area (Å²) in [5, 5.41) is 5.14. The lowest BCUT2D eigenvalue weighted by Crippen LogP contribution is -1.85. The number of aromatic nitrogens is 1. The van der Waals surface area contributed by atoms with Gasteiger partial charge in [-0.05, 0) is 45.2 Å². The van der Waals surface area contributed by atoms with E-state index in [1.807, 2.05) is 23.6 Å². The Hall–Kier alpha value is -5.05. The van der Waals surface area contributed by atoms with Gasteiger partial charge >= 0.3 is 0 Å². The Balaban J connectivity index is 1.19. The van der Waals surface area contributed by atoms with Crippen molar-refractivity contribution < 1.29 is 0 Å². The third-order valence-electron chi connectivity index (χ3n) is 7.95. The average Bonchev–Trinajstić information content (AvgIpc) is 3.44. The van der Waals surface area contributed by atoms with Crippen LogP contribution in [0.1, 0.15) is 0 Å². The summed E-state index contributed by atoms with van der Waals surface area (Å²) < 4.78 is 2.62. The van der Waals surface area contributed by atoms with Gasteiger partial charge in [0.15, 0.2) is 0 Å². The lowest BCUT2D eigenvalue weighted by atomic mass is 9.97. The molecule has 0 aliphatic carbocycles. The molecule has 0 amide bonds. The van der Waals surface area contributed by atoms with Crippen LogP contribution in [0.25, 0.3) is 75.6 Å². The van der Waals surface area contributed by atoms with Gasteiger partial charge < -0.3 is 0 Å². The molecule has 41 heavy (non-hydrogen) atoms. The second kappa shape index (κ2) is 9.85. The van der Waals surface area contributed by atoms with Crippen molar-refractivity contribution in [2.75, 3.05) is 0 Å². The highest BCUT2D eigenvalue weighted by atomic mass is 32.1. The molecule has 0 aliphatic rings. The summed E-state index contributed by atoms with van der Waals surface area (Å²) in [5.41, 5.74) is 9.49. The monoisotopic (exact) mass is 539 g/mol. The molecule has 2 heterocycles. The van der Waals surface area contributed by atoms with Gasteiger partial charge in [-0.1, -0.05) is 133 Å². The Morgan fingerprint density at radius 3 is 1.71 bits per heavy atom. The first-order chi connectivity index (χ1) is 20.3. The van der Waals surface area contributed by atoms with Crippen LogP contribution in [0, 0.1) is 0 Å². The van der Waals surface area contributed by atoms with Crippen molar-refractivity contribution >= 4 is 42.3 Å². The lowest BCUT2D eigenvalue weighted by Gasteiger charge is -2.07. The van der Waals surface area contributed by atoms with Crippen LogP contribution in [0.15, 0.2) is 152 Å². The zero-order chi connectivity index (χ0) is 27.2. The molecule has 0 N–H and O–H groups in total. The molecule has 0 radical (unpaired) electrons. The first kappa shape index (κ1) is 23.8.